The van der Waals surface area contributed by atoms with Gasteiger partial charge in [0, 0.05) is 18.7 Å². The molecule has 0 unspecified atom stereocenters. The van der Waals surface area contributed by atoms with Crippen LogP contribution in [0.25, 0.3) is 10.2 Å². The quantitative estimate of drug-likeness (QED) is 0.792. The Morgan fingerprint density at radius 1 is 1.28 bits per heavy atom. The van der Waals surface area contributed by atoms with Gasteiger partial charge < -0.3 is 4.90 Å². The van der Waals surface area contributed by atoms with Crippen molar-refractivity contribution in [3.8, 4) is 0 Å². The number of piperidine rings is 1. The second-order valence-electron chi connectivity index (χ2n) is 8.51. The molecule has 1 aromatic heterocycles. The number of benzene rings is 1. The summed E-state index contributed by atoms with van der Waals surface area (Å²) in [6.07, 6.45) is 6.04. The normalized spacial score (nSPS) is 24.4. The second-order valence-corrected chi connectivity index (χ2v) is 9.63. The van der Waals surface area contributed by atoms with Gasteiger partial charge in [-0.2, -0.15) is 0 Å². The Bertz CT molecular complexity index is 784. The first-order valence-electron chi connectivity index (χ1n) is 9.62. The Hall–Kier alpha value is -1.26. The number of nitrogens with zero attached hydrogens (tertiary/aromatic N) is 3. The third-order valence-corrected chi connectivity index (χ3v) is 7.04. The zero-order chi connectivity index (χ0) is 17.4. The van der Waals surface area contributed by atoms with Crippen molar-refractivity contribution in [2.24, 2.45) is 16.3 Å². The molecule has 2 aliphatic rings. The lowest BCUT2D eigenvalue weighted by atomic mass is 9.78. The zero-order valence-electron chi connectivity index (χ0n) is 15.7. The maximum atomic E-state index is 4.99. The van der Waals surface area contributed by atoms with Gasteiger partial charge in [0.2, 0.25) is 0 Å². The van der Waals surface area contributed by atoms with Gasteiger partial charge in [0.15, 0.2) is 0 Å². The van der Waals surface area contributed by atoms with Crippen LogP contribution in [0.2, 0.25) is 0 Å². The molecule has 3 nitrogen and oxygen atoms in total. The lowest BCUT2D eigenvalue weighted by molar-refractivity contribution is 0.139. The third-order valence-electron chi connectivity index (χ3n) is 6.01. The first kappa shape index (κ1) is 17.2. The topological polar surface area (TPSA) is 28.5 Å². The highest BCUT2D eigenvalue weighted by molar-refractivity contribution is 7.18. The molecule has 134 valence electrons. The Labute approximate surface area is 155 Å². The van der Waals surface area contributed by atoms with Gasteiger partial charge in [-0.05, 0) is 74.8 Å². The number of fused-ring (bicyclic) bond motifs is 1. The summed E-state index contributed by atoms with van der Waals surface area (Å²) in [6, 6.07) is 6.76. The first-order valence-corrected chi connectivity index (χ1v) is 10.4. The van der Waals surface area contributed by atoms with Gasteiger partial charge in [-0.3, -0.25) is 4.99 Å². The molecule has 0 aliphatic carbocycles. The van der Waals surface area contributed by atoms with Crippen molar-refractivity contribution in [2.75, 3.05) is 26.7 Å². The van der Waals surface area contributed by atoms with Crippen LogP contribution in [-0.2, 0) is 6.42 Å². The summed E-state index contributed by atoms with van der Waals surface area (Å²) in [5.74, 6) is 0.730. The van der Waals surface area contributed by atoms with Gasteiger partial charge in [-0.25, -0.2) is 4.98 Å². The number of hydrogen-bond donors (Lipinski definition) is 0. The van der Waals surface area contributed by atoms with E-state index in [0.29, 0.717) is 5.41 Å². The standard InChI is InChI=1S/C21H29N3S/c1-15-4-6-17(22-14-15)16-5-7-19-18(12-16)23-20(25-19)13-21(2)8-10-24(3)11-9-21/h5,7,12,15H,4,6,8-11,13-14H2,1-3H3/t15-/m0/s1. The number of likely N-dealkylation sites (tertiary alicyclic amines) is 1. The van der Waals surface area contributed by atoms with Gasteiger partial charge >= 0.3 is 0 Å². The van der Waals surface area contributed by atoms with E-state index in [0.717, 1.165) is 30.8 Å². The fraction of sp³-hybridized carbons (Fsp3) is 0.619. The fourth-order valence-electron chi connectivity index (χ4n) is 3.99. The number of aromatic nitrogens is 1. The van der Waals surface area contributed by atoms with Crippen LogP contribution in [0.15, 0.2) is 23.2 Å². The van der Waals surface area contributed by atoms with Crippen LogP contribution in [0.1, 0.15) is 50.1 Å². The summed E-state index contributed by atoms with van der Waals surface area (Å²) in [4.78, 5) is 12.2. The van der Waals surface area contributed by atoms with Gasteiger partial charge in [0.05, 0.1) is 15.2 Å². The summed E-state index contributed by atoms with van der Waals surface area (Å²) in [6.45, 7) is 8.13. The smallest absolute Gasteiger partial charge is 0.0944 e. The van der Waals surface area contributed by atoms with Crippen molar-refractivity contribution in [3.63, 3.8) is 0 Å². The minimum absolute atomic E-state index is 0.410. The van der Waals surface area contributed by atoms with E-state index in [1.165, 1.54) is 53.3 Å². The molecule has 0 amide bonds. The van der Waals surface area contributed by atoms with E-state index < -0.39 is 0 Å². The lowest BCUT2D eigenvalue weighted by Gasteiger charge is -2.37. The molecule has 1 fully saturated rings. The Morgan fingerprint density at radius 3 is 2.80 bits per heavy atom. The number of rotatable bonds is 3. The van der Waals surface area contributed by atoms with E-state index in [1.54, 1.807) is 0 Å². The number of thiazole rings is 1. The minimum atomic E-state index is 0.410. The van der Waals surface area contributed by atoms with Crippen LogP contribution in [0.5, 0.6) is 0 Å². The van der Waals surface area contributed by atoms with Crippen molar-refractivity contribution in [1.29, 1.82) is 0 Å². The van der Waals surface area contributed by atoms with Gasteiger partial charge in [0.1, 0.15) is 0 Å². The SMILES string of the molecule is C[C@H]1CCC(c2ccc3sc(CC4(C)CCN(C)CC4)nc3c2)=NC1. The molecular weight excluding hydrogens is 326 g/mol. The average molecular weight is 356 g/mol. The molecule has 1 aromatic carbocycles. The average Bonchev–Trinajstić information content (AvgIpc) is 2.99. The molecule has 0 bridgehead atoms. The van der Waals surface area contributed by atoms with E-state index in [1.807, 2.05) is 11.3 Å². The highest BCUT2D eigenvalue weighted by Gasteiger charge is 2.30. The Morgan fingerprint density at radius 2 is 2.08 bits per heavy atom. The minimum Gasteiger partial charge on any atom is -0.306 e. The summed E-state index contributed by atoms with van der Waals surface area (Å²) in [5, 5.41) is 1.30. The van der Waals surface area contributed by atoms with E-state index in [-0.39, 0.29) is 0 Å². The van der Waals surface area contributed by atoms with E-state index in [4.69, 9.17) is 9.98 Å². The van der Waals surface area contributed by atoms with Crippen LogP contribution in [-0.4, -0.2) is 42.3 Å². The molecule has 25 heavy (non-hydrogen) atoms. The van der Waals surface area contributed by atoms with Crippen LogP contribution in [0.4, 0.5) is 0 Å². The molecule has 1 saturated heterocycles. The van der Waals surface area contributed by atoms with Crippen molar-refractivity contribution < 1.29 is 0 Å². The molecule has 4 rings (SSSR count). The largest absolute Gasteiger partial charge is 0.306 e. The third kappa shape index (κ3) is 3.80. The zero-order valence-corrected chi connectivity index (χ0v) is 16.5. The highest BCUT2D eigenvalue weighted by atomic mass is 32.1. The lowest BCUT2D eigenvalue weighted by Crippen LogP contribution is -2.37. The summed E-state index contributed by atoms with van der Waals surface area (Å²) >= 11 is 1.88. The molecule has 0 saturated carbocycles. The molecule has 0 N–H and O–H groups in total. The van der Waals surface area contributed by atoms with Crippen molar-refractivity contribution >= 4 is 27.3 Å². The summed E-state index contributed by atoms with van der Waals surface area (Å²) < 4.78 is 1.32. The first-order chi connectivity index (χ1) is 12.0. The second kappa shape index (κ2) is 6.81. The van der Waals surface area contributed by atoms with Crippen LogP contribution in [0.3, 0.4) is 0 Å². The fourth-order valence-corrected chi connectivity index (χ4v) is 5.15. The summed E-state index contributed by atoms with van der Waals surface area (Å²) in [5.41, 5.74) is 4.13. The maximum Gasteiger partial charge on any atom is 0.0944 e. The Kier molecular flexibility index (Phi) is 4.67. The Balaban J connectivity index is 1.54. The number of hydrogen-bond acceptors (Lipinski definition) is 4. The summed E-state index contributed by atoms with van der Waals surface area (Å²) in [7, 11) is 2.23. The maximum absolute atomic E-state index is 4.99. The van der Waals surface area contributed by atoms with Crippen LogP contribution < -0.4 is 0 Å². The molecule has 0 spiro atoms. The van der Waals surface area contributed by atoms with E-state index in [9.17, 15) is 0 Å². The monoisotopic (exact) mass is 355 g/mol. The van der Waals surface area contributed by atoms with Gasteiger partial charge in [0.25, 0.3) is 0 Å². The van der Waals surface area contributed by atoms with Crippen molar-refractivity contribution in [3.05, 3.63) is 28.8 Å². The molecule has 4 heteroatoms. The van der Waals surface area contributed by atoms with E-state index >= 15 is 0 Å². The number of aliphatic imine (C=N–C) groups is 1. The van der Waals surface area contributed by atoms with Crippen molar-refractivity contribution in [2.45, 2.75) is 46.0 Å². The van der Waals surface area contributed by atoms with Crippen LogP contribution in [0, 0.1) is 11.3 Å². The van der Waals surface area contributed by atoms with Gasteiger partial charge in [-0.1, -0.05) is 19.9 Å². The van der Waals surface area contributed by atoms with Gasteiger partial charge in [-0.15, -0.1) is 11.3 Å². The molecule has 3 heterocycles. The predicted octanol–water partition coefficient (Wildman–Crippen LogP) is 4.79. The highest BCUT2D eigenvalue weighted by Crippen LogP contribution is 2.36. The van der Waals surface area contributed by atoms with Crippen LogP contribution >= 0.6 is 11.3 Å². The molecule has 0 radical (unpaired) electrons. The predicted molar refractivity (Wildman–Crippen MR) is 108 cm³/mol. The molecule has 2 aromatic rings. The molecule has 1 atom stereocenters. The molecular formula is C21H29N3S. The van der Waals surface area contributed by atoms with E-state index in [2.05, 4.69) is 44.0 Å². The van der Waals surface area contributed by atoms with Crippen molar-refractivity contribution in [1.82, 2.24) is 9.88 Å². The molecule has 2 aliphatic heterocycles.